The van der Waals surface area contributed by atoms with Crippen LogP contribution in [0.5, 0.6) is 0 Å². The molecule has 0 saturated carbocycles. The molecule has 120 valence electrons. The molecule has 1 aliphatic heterocycles. The van der Waals surface area contributed by atoms with Gasteiger partial charge in [0, 0.05) is 19.0 Å². The van der Waals surface area contributed by atoms with E-state index in [-0.39, 0.29) is 11.9 Å². The van der Waals surface area contributed by atoms with Crippen molar-refractivity contribution in [3.63, 3.8) is 0 Å². The quantitative estimate of drug-likeness (QED) is 0.876. The van der Waals surface area contributed by atoms with E-state index in [1.165, 1.54) is 6.92 Å². The van der Waals surface area contributed by atoms with Crippen molar-refractivity contribution < 1.29 is 14.3 Å². The van der Waals surface area contributed by atoms with Crippen molar-refractivity contribution in [2.45, 2.75) is 45.9 Å². The first kappa shape index (κ1) is 16.3. The summed E-state index contributed by atoms with van der Waals surface area (Å²) in [7, 11) is 0. The number of carbonyl (C=O) groups is 2. The summed E-state index contributed by atoms with van der Waals surface area (Å²) >= 11 is 0. The minimum atomic E-state index is -0.569. The first-order valence-corrected chi connectivity index (χ1v) is 7.32. The molecule has 0 bridgehead atoms. The zero-order valence-electron chi connectivity index (χ0n) is 13.5. The molecule has 1 aliphatic rings. The SMILES string of the molecule is CC(=O)NC1CN(C(=O)OC(C)(C)C)c2ccc(CN)cc21. The molecule has 1 aromatic carbocycles. The van der Waals surface area contributed by atoms with Crippen molar-refractivity contribution >= 4 is 17.7 Å². The van der Waals surface area contributed by atoms with E-state index in [0.717, 1.165) is 16.8 Å². The van der Waals surface area contributed by atoms with Gasteiger partial charge in [0.05, 0.1) is 18.3 Å². The Morgan fingerprint density at radius 2 is 2.09 bits per heavy atom. The number of ether oxygens (including phenoxy) is 1. The Morgan fingerprint density at radius 3 is 2.64 bits per heavy atom. The number of hydrogen-bond acceptors (Lipinski definition) is 4. The van der Waals surface area contributed by atoms with E-state index < -0.39 is 11.7 Å². The molecule has 1 unspecified atom stereocenters. The third-order valence-electron chi connectivity index (χ3n) is 3.35. The summed E-state index contributed by atoms with van der Waals surface area (Å²) in [5.74, 6) is -0.139. The molecule has 0 aliphatic carbocycles. The zero-order valence-corrected chi connectivity index (χ0v) is 13.5. The number of anilines is 1. The van der Waals surface area contributed by atoms with Gasteiger partial charge in [-0.3, -0.25) is 9.69 Å². The lowest BCUT2D eigenvalue weighted by molar-refractivity contribution is -0.119. The average Bonchev–Trinajstić information content (AvgIpc) is 2.74. The molecule has 0 spiro atoms. The van der Waals surface area contributed by atoms with Crippen molar-refractivity contribution in [1.82, 2.24) is 5.32 Å². The van der Waals surface area contributed by atoms with Crippen molar-refractivity contribution in [3.05, 3.63) is 29.3 Å². The predicted octanol–water partition coefficient (Wildman–Crippen LogP) is 2.08. The summed E-state index contributed by atoms with van der Waals surface area (Å²) in [4.78, 5) is 25.3. The molecular formula is C16H23N3O3. The molecule has 1 aromatic rings. The summed E-state index contributed by atoms with van der Waals surface area (Å²) < 4.78 is 5.44. The van der Waals surface area contributed by atoms with Crippen molar-refractivity contribution in [3.8, 4) is 0 Å². The van der Waals surface area contributed by atoms with Gasteiger partial charge in [-0.15, -0.1) is 0 Å². The molecule has 0 radical (unpaired) electrons. The van der Waals surface area contributed by atoms with Crippen LogP contribution in [0.2, 0.25) is 0 Å². The fourth-order valence-electron chi connectivity index (χ4n) is 2.49. The molecule has 1 heterocycles. The van der Waals surface area contributed by atoms with Crippen LogP contribution in [-0.2, 0) is 16.1 Å². The lowest BCUT2D eigenvalue weighted by atomic mass is 10.1. The van der Waals surface area contributed by atoms with Gasteiger partial charge >= 0.3 is 6.09 Å². The second kappa shape index (κ2) is 5.96. The fourth-order valence-corrected chi connectivity index (χ4v) is 2.49. The van der Waals surface area contributed by atoms with Gasteiger partial charge in [-0.1, -0.05) is 12.1 Å². The maximum Gasteiger partial charge on any atom is 0.414 e. The number of nitrogens with one attached hydrogen (secondary N) is 1. The van der Waals surface area contributed by atoms with Crippen LogP contribution in [0, 0.1) is 0 Å². The lowest BCUT2D eigenvalue weighted by Gasteiger charge is -2.25. The van der Waals surface area contributed by atoms with E-state index in [0.29, 0.717) is 13.1 Å². The highest BCUT2D eigenvalue weighted by Crippen LogP contribution is 2.36. The number of rotatable bonds is 2. The topological polar surface area (TPSA) is 84.7 Å². The van der Waals surface area contributed by atoms with E-state index in [2.05, 4.69) is 5.32 Å². The summed E-state index contributed by atoms with van der Waals surface area (Å²) in [5.41, 5.74) is 7.71. The number of benzene rings is 1. The lowest BCUT2D eigenvalue weighted by Crippen LogP contribution is -2.38. The number of fused-ring (bicyclic) bond motifs is 1. The van der Waals surface area contributed by atoms with Crippen molar-refractivity contribution in [1.29, 1.82) is 0 Å². The Hall–Kier alpha value is -2.08. The first-order chi connectivity index (χ1) is 10.2. The normalized spacial score (nSPS) is 17.1. The summed E-state index contributed by atoms with van der Waals surface area (Å²) in [6.45, 7) is 7.70. The molecule has 22 heavy (non-hydrogen) atoms. The standard InChI is InChI=1S/C16H23N3O3/c1-10(20)18-13-9-19(15(21)22-16(2,3)4)14-6-5-11(8-17)7-12(13)14/h5-7,13H,8-9,17H2,1-4H3,(H,18,20). The van der Waals surface area contributed by atoms with Crippen LogP contribution in [0.3, 0.4) is 0 Å². The van der Waals surface area contributed by atoms with Gasteiger partial charge < -0.3 is 15.8 Å². The minimum absolute atomic E-state index is 0.139. The van der Waals surface area contributed by atoms with Crippen LogP contribution in [0.15, 0.2) is 18.2 Å². The molecule has 0 fully saturated rings. The minimum Gasteiger partial charge on any atom is -0.443 e. The van der Waals surface area contributed by atoms with E-state index in [1.807, 2.05) is 39.0 Å². The number of amides is 2. The monoisotopic (exact) mass is 305 g/mol. The van der Waals surface area contributed by atoms with Gasteiger partial charge in [0.15, 0.2) is 0 Å². The van der Waals surface area contributed by atoms with Crippen molar-refractivity contribution in [2.24, 2.45) is 5.73 Å². The van der Waals surface area contributed by atoms with E-state index in [9.17, 15) is 9.59 Å². The molecule has 0 aromatic heterocycles. The number of carbonyl (C=O) groups excluding carboxylic acids is 2. The Bertz CT molecular complexity index is 593. The number of nitrogens with two attached hydrogens (primary N) is 1. The highest BCUT2D eigenvalue weighted by atomic mass is 16.6. The van der Waals surface area contributed by atoms with Gasteiger partial charge in [-0.25, -0.2) is 4.79 Å². The third kappa shape index (κ3) is 3.57. The smallest absolute Gasteiger partial charge is 0.414 e. The maximum atomic E-state index is 12.4. The Labute approximate surface area is 130 Å². The van der Waals surface area contributed by atoms with Crippen molar-refractivity contribution in [2.75, 3.05) is 11.4 Å². The fraction of sp³-hybridized carbons (Fsp3) is 0.500. The summed E-state index contributed by atoms with van der Waals surface area (Å²) in [5, 5.41) is 2.87. The Balaban J connectivity index is 2.33. The maximum absolute atomic E-state index is 12.4. The second-order valence-corrected chi connectivity index (χ2v) is 6.44. The first-order valence-electron chi connectivity index (χ1n) is 7.32. The van der Waals surface area contributed by atoms with E-state index >= 15 is 0 Å². The summed E-state index contributed by atoms with van der Waals surface area (Å²) in [6.07, 6.45) is -0.415. The average molecular weight is 305 g/mol. The van der Waals surface area contributed by atoms with Crippen LogP contribution < -0.4 is 16.0 Å². The molecular weight excluding hydrogens is 282 g/mol. The van der Waals surface area contributed by atoms with E-state index in [4.69, 9.17) is 10.5 Å². The number of hydrogen-bond donors (Lipinski definition) is 2. The van der Waals surface area contributed by atoms with Gasteiger partial charge in [0.1, 0.15) is 5.60 Å². The molecule has 1 atom stereocenters. The largest absolute Gasteiger partial charge is 0.443 e. The van der Waals surface area contributed by atoms with Crippen LogP contribution in [0.4, 0.5) is 10.5 Å². The summed E-state index contributed by atoms with van der Waals surface area (Å²) in [6, 6.07) is 5.42. The van der Waals surface area contributed by atoms with Crippen LogP contribution in [0.1, 0.15) is 44.9 Å². The van der Waals surface area contributed by atoms with Gasteiger partial charge in [0.2, 0.25) is 5.91 Å². The predicted molar refractivity (Wildman–Crippen MR) is 84.5 cm³/mol. The second-order valence-electron chi connectivity index (χ2n) is 6.44. The van der Waals surface area contributed by atoms with Gasteiger partial charge in [0.25, 0.3) is 0 Å². The molecule has 2 amide bonds. The molecule has 6 nitrogen and oxygen atoms in total. The zero-order chi connectivity index (χ0) is 16.5. The van der Waals surface area contributed by atoms with Crippen LogP contribution >= 0.6 is 0 Å². The molecule has 3 N–H and O–H groups in total. The molecule has 0 saturated heterocycles. The molecule has 6 heteroatoms. The third-order valence-corrected chi connectivity index (χ3v) is 3.35. The van der Waals surface area contributed by atoms with Gasteiger partial charge in [-0.2, -0.15) is 0 Å². The highest BCUT2D eigenvalue weighted by molar-refractivity contribution is 5.91. The number of nitrogens with zero attached hydrogens (tertiary/aromatic N) is 1. The highest BCUT2D eigenvalue weighted by Gasteiger charge is 2.35. The van der Waals surface area contributed by atoms with E-state index in [1.54, 1.807) is 4.90 Å². The van der Waals surface area contributed by atoms with Crippen LogP contribution in [-0.4, -0.2) is 24.1 Å². The van der Waals surface area contributed by atoms with Gasteiger partial charge in [-0.05, 0) is 32.4 Å². The van der Waals surface area contributed by atoms with Crippen LogP contribution in [0.25, 0.3) is 0 Å². The molecule has 2 rings (SSSR count). The Morgan fingerprint density at radius 1 is 1.41 bits per heavy atom. The Kier molecular flexibility index (Phi) is 4.42.